The number of thioether (sulfide) groups is 1. The molecule has 1 N–H and O–H groups in total. The molecule has 0 saturated heterocycles. The zero-order valence-electron chi connectivity index (χ0n) is 15.3. The van der Waals surface area contributed by atoms with Crippen LogP contribution in [0.25, 0.3) is 11.5 Å². The number of anilines is 1. The molecule has 140 valence electrons. The second kappa shape index (κ2) is 8.59. The van der Waals surface area contributed by atoms with Gasteiger partial charge in [-0.25, -0.2) is 0 Å². The van der Waals surface area contributed by atoms with Crippen LogP contribution in [0.5, 0.6) is 0 Å². The molecular weight excluding hydrogens is 382 g/mol. The molecule has 3 rings (SSSR count). The van der Waals surface area contributed by atoms with E-state index in [2.05, 4.69) is 29.4 Å². The van der Waals surface area contributed by atoms with E-state index < -0.39 is 5.25 Å². The first-order valence-electron chi connectivity index (χ1n) is 8.60. The van der Waals surface area contributed by atoms with Gasteiger partial charge in [-0.05, 0) is 42.7 Å². The van der Waals surface area contributed by atoms with Crippen molar-refractivity contribution < 1.29 is 9.21 Å². The predicted octanol–water partition coefficient (Wildman–Crippen LogP) is 5.63. The number of nitrogens with zero attached hydrogens (tertiary/aromatic N) is 2. The molecule has 0 aliphatic heterocycles. The van der Waals surface area contributed by atoms with Gasteiger partial charge < -0.3 is 9.73 Å². The standard InChI is InChI=1S/C20H20ClN3O2S/c1-12(2)16-9-4-5-10-17(16)22-18(25)13(3)27-20-24-23-19(26-20)14-7-6-8-15(21)11-14/h4-13H,1-3H3,(H,22,25)/t13-/m0/s1. The molecule has 7 heteroatoms. The number of halogens is 1. The number of para-hydroxylation sites is 1. The first kappa shape index (κ1) is 19.5. The molecule has 2 aromatic carbocycles. The lowest BCUT2D eigenvalue weighted by molar-refractivity contribution is -0.115. The molecule has 3 aromatic rings. The Morgan fingerprint density at radius 2 is 1.89 bits per heavy atom. The molecule has 0 aliphatic carbocycles. The lowest BCUT2D eigenvalue weighted by Crippen LogP contribution is -2.23. The lowest BCUT2D eigenvalue weighted by Gasteiger charge is -2.15. The molecule has 1 amide bonds. The van der Waals surface area contributed by atoms with Gasteiger partial charge in [0.2, 0.25) is 11.8 Å². The molecule has 0 unspecified atom stereocenters. The minimum atomic E-state index is -0.391. The van der Waals surface area contributed by atoms with E-state index in [0.29, 0.717) is 22.1 Å². The second-order valence-corrected chi connectivity index (χ2v) is 8.10. The van der Waals surface area contributed by atoms with Gasteiger partial charge in [0.25, 0.3) is 5.22 Å². The van der Waals surface area contributed by atoms with E-state index in [-0.39, 0.29) is 5.91 Å². The summed E-state index contributed by atoms with van der Waals surface area (Å²) in [7, 11) is 0. The average Bonchev–Trinajstić information content (AvgIpc) is 3.10. The number of hydrogen-bond donors (Lipinski definition) is 1. The minimum Gasteiger partial charge on any atom is -0.411 e. The van der Waals surface area contributed by atoms with Gasteiger partial charge in [0.1, 0.15) is 0 Å². The van der Waals surface area contributed by atoms with E-state index in [1.807, 2.05) is 36.4 Å². The molecule has 1 atom stereocenters. The highest BCUT2D eigenvalue weighted by Gasteiger charge is 2.20. The molecule has 0 aliphatic rings. The lowest BCUT2D eigenvalue weighted by atomic mass is 10.0. The van der Waals surface area contributed by atoms with Gasteiger partial charge in [-0.3, -0.25) is 4.79 Å². The van der Waals surface area contributed by atoms with Crippen molar-refractivity contribution in [3.8, 4) is 11.5 Å². The summed E-state index contributed by atoms with van der Waals surface area (Å²) in [5.74, 6) is 0.578. The summed E-state index contributed by atoms with van der Waals surface area (Å²) in [5.41, 5.74) is 2.67. The zero-order chi connectivity index (χ0) is 19.4. The molecule has 0 radical (unpaired) electrons. The van der Waals surface area contributed by atoms with Crippen LogP contribution < -0.4 is 5.32 Å². The maximum atomic E-state index is 12.6. The second-order valence-electron chi connectivity index (χ2n) is 6.37. The fourth-order valence-corrected chi connectivity index (χ4v) is 3.42. The van der Waals surface area contributed by atoms with Gasteiger partial charge in [0.15, 0.2) is 0 Å². The Balaban J connectivity index is 1.67. The Kier molecular flexibility index (Phi) is 6.19. The van der Waals surface area contributed by atoms with E-state index >= 15 is 0 Å². The number of carbonyl (C=O) groups excluding carboxylic acids is 1. The molecule has 0 bridgehead atoms. The summed E-state index contributed by atoms with van der Waals surface area (Å²) < 4.78 is 5.66. The third-order valence-electron chi connectivity index (χ3n) is 3.97. The van der Waals surface area contributed by atoms with Gasteiger partial charge in [-0.15, -0.1) is 10.2 Å². The summed E-state index contributed by atoms with van der Waals surface area (Å²) in [5, 5.41) is 11.6. The van der Waals surface area contributed by atoms with Crippen LogP contribution >= 0.6 is 23.4 Å². The number of carbonyl (C=O) groups is 1. The van der Waals surface area contributed by atoms with Gasteiger partial charge in [-0.2, -0.15) is 0 Å². The maximum Gasteiger partial charge on any atom is 0.277 e. The van der Waals surface area contributed by atoms with E-state index in [0.717, 1.165) is 16.8 Å². The Hall–Kier alpha value is -2.31. The summed E-state index contributed by atoms with van der Waals surface area (Å²) in [4.78, 5) is 12.6. The quantitative estimate of drug-likeness (QED) is 0.542. The van der Waals surface area contributed by atoms with Crippen LogP contribution in [-0.4, -0.2) is 21.4 Å². The van der Waals surface area contributed by atoms with Gasteiger partial charge in [0.05, 0.1) is 5.25 Å². The Morgan fingerprint density at radius 1 is 1.11 bits per heavy atom. The van der Waals surface area contributed by atoms with Crippen LogP contribution in [0.15, 0.2) is 58.2 Å². The molecule has 0 spiro atoms. The van der Waals surface area contributed by atoms with Crippen molar-refractivity contribution in [3.05, 3.63) is 59.1 Å². The first-order chi connectivity index (χ1) is 12.9. The summed E-state index contributed by atoms with van der Waals surface area (Å²) in [6.07, 6.45) is 0. The number of amides is 1. The molecule has 1 aromatic heterocycles. The van der Waals surface area contributed by atoms with Crippen molar-refractivity contribution in [3.63, 3.8) is 0 Å². The topological polar surface area (TPSA) is 68.0 Å². The van der Waals surface area contributed by atoms with Crippen LogP contribution in [0, 0.1) is 0 Å². The van der Waals surface area contributed by atoms with Crippen molar-refractivity contribution in [1.29, 1.82) is 0 Å². The average molecular weight is 402 g/mol. The summed E-state index contributed by atoms with van der Waals surface area (Å²) in [6, 6.07) is 15.0. The van der Waals surface area contributed by atoms with Crippen molar-refractivity contribution in [2.75, 3.05) is 5.32 Å². The summed E-state index contributed by atoms with van der Waals surface area (Å²) in [6.45, 7) is 6.00. The fourth-order valence-electron chi connectivity index (χ4n) is 2.55. The Bertz CT molecular complexity index is 942. The normalized spacial score (nSPS) is 12.2. The number of benzene rings is 2. The SMILES string of the molecule is CC(C)c1ccccc1NC(=O)[C@H](C)Sc1nnc(-c2cccc(Cl)c2)o1. The molecule has 27 heavy (non-hydrogen) atoms. The smallest absolute Gasteiger partial charge is 0.277 e. The van der Waals surface area contributed by atoms with E-state index in [9.17, 15) is 4.79 Å². The zero-order valence-corrected chi connectivity index (χ0v) is 16.8. The first-order valence-corrected chi connectivity index (χ1v) is 9.85. The van der Waals surface area contributed by atoms with E-state index in [1.54, 1.807) is 19.1 Å². The van der Waals surface area contributed by atoms with Crippen LogP contribution in [0.4, 0.5) is 5.69 Å². The van der Waals surface area contributed by atoms with Crippen LogP contribution in [0.2, 0.25) is 5.02 Å². The van der Waals surface area contributed by atoms with Gasteiger partial charge in [-0.1, -0.05) is 61.5 Å². The van der Waals surface area contributed by atoms with Crippen LogP contribution in [0.3, 0.4) is 0 Å². The third kappa shape index (κ3) is 4.90. The number of hydrogen-bond acceptors (Lipinski definition) is 5. The highest BCUT2D eigenvalue weighted by molar-refractivity contribution is 8.00. The Labute approximate surface area is 167 Å². The molecular formula is C20H20ClN3O2S. The van der Waals surface area contributed by atoms with Crippen molar-refractivity contribution in [1.82, 2.24) is 10.2 Å². The third-order valence-corrected chi connectivity index (χ3v) is 5.13. The van der Waals surface area contributed by atoms with Crippen LogP contribution in [-0.2, 0) is 4.79 Å². The fraction of sp³-hybridized carbons (Fsp3) is 0.250. The van der Waals surface area contributed by atoms with Crippen molar-refractivity contribution >= 4 is 35.0 Å². The predicted molar refractivity (Wildman–Crippen MR) is 109 cm³/mol. The monoisotopic (exact) mass is 401 g/mol. The number of nitrogens with one attached hydrogen (secondary N) is 1. The molecule has 0 fully saturated rings. The highest BCUT2D eigenvalue weighted by Crippen LogP contribution is 2.29. The van der Waals surface area contributed by atoms with E-state index in [1.165, 1.54) is 11.8 Å². The molecule has 5 nitrogen and oxygen atoms in total. The van der Waals surface area contributed by atoms with E-state index in [4.69, 9.17) is 16.0 Å². The van der Waals surface area contributed by atoms with Crippen molar-refractivity contribution in [2.24, 2.45) is 0 Å². The number of aromatic nitrogens is 2. The van der Waals surface area contributed by atoms with Gasteiger partial charge >= 0.3 is 0 Å². The van der Waals surface area contributed by atoms with Gasteiger partial charge in [0, 0.05) is 16.3 Å². The largest absolute Gasteiger partial charge is 0.411 e. The maximum absolute atomic E-state index is 12.6. The van der Waals surface area contributed by atoms with Crippen LogP contribution in [0.1, 0.15) is 32.3 Å². The Morgan fingerprint density at radius 3 is 2.63 bits per heavy atom. The number of rotatable bonds is 6. The molecule has 0 saturated carbocycles. The highest BCUT2D eigenvalue weighted by atomic mass is 35.5. The summed E-state index contributed by atoms with van der Waals surface area (Å²) >= 11 is 7.21. The van der Waals surface area contributed by atoms with Crippen molar-refractivity contribution in [2.45, 2.75) is 37.2 Å². The molecule has 1 heterocycles. The minimum absolute atomic E-state index is 0.115.